The summed E-state index contributed by atoms with van der Waals surface area (Å²) in [6.45, 7) is 0. The first kappa shape index (κ1) is 21.6. The fraction of sp³-hybridized carbons (Fsp3) is 0.467. The van der Waals surface area contributed by atoms with Gasteiger partial charge in [0.25, 0.3) is 0 Å². The third kappa shape index (κ3) is 3.81. The molecule has 0 aromatic heterocycles. The Kier molecular flexibility index (Phi) is 4.91. The van der Waals surface area contributed by atoms with Crippen molar-refractivity contribution in [2.24, 2.45) is 5.41 Å². The Morgan fingerprint density at radius 2 is 1.33 bits per heavy atom. The Hall–Kier alpha value is -1.72. The van der Waals surface area contributed by atoms with Gasteiger partial charge in [-0.2, -0.15) is 39.5 Å². The third-order valence-corrected chi connectivity index (χ3v) is 5.78. The molecule has 0 fully saturated rings. The second-order valence-corrected chi connectivity index (χ2v) is 8.39. The molecule has 1 atom stereocenters. The molecular formula is C15H11F9O2S. The molecule has 0 saturated carbocycles. The molecule has 0 bridgehead atoms. The van der Waals surface area contributed by atoms with Gasteiger partial charge >= 0.3 is 18.5 Å². The smallest absolute Gasteiger partial charge is 0.228 e. The lowest BCUT2D eigenvalue weighted by Crippen LogP contribution is -2.48. The Balaban J connectivity index is 2.69. The zero-order chi connectivity index (χ0) is 21.1. The number of hydrogen-bond acceptors (Lipinski definition) is 2. The molecule has 0 N–H and O–H groups in total. The number of sulfone groups is 1. The zero-order valence-electron chi connectivity index (χ0n) is 13.3. The molecule has 1 aromatic carbocycles. The van der Waals surface area contributed by atoms with Crippen molar-refractivity contribution in [2.45, 2.75) is 30.2 Å². The van der Waals surface area contributed by atoms with Gasteiger partial charge < -0.3 is 0 Å². The number of rotatable bonds is 2. The SMILES string of the molecule is CS(=O)(=O)C1CC(C(F)(F)F)(C(F)(F)F)C=C1c1ccc(C(F)(F)F)cc1. The minimum atomic E-state index is -5.85. The molecule has 27 heavy (non-hydrogen) atoms. The monoisotopic (exact) mass is 426 g/mol. The van der Waals surface area contributed by atoms with Crippen LogP contribution in [0.4, 0.5) is 39.5 Å². The minimum Gasteiger partial charge on any atom is -0.228 e. The summed E-state index contributed by atoms with van der Waals surface area (Å²) in [5.41, 5.74) is -6.89. The van der Waals surface area contributed by atoms with E-state index in [1.807, 2.05) is 0 Å². The lowest BCUT2D eigenvalue weighted by atomic mass is 9.86. The van der Waals surface area contributed by atoms with Crippen LogP contribution in [0.3, 0.4) is 0 Å². The normalized spacial score (nSPS) is 21.3. The standard InChI is InChI=1S/C15H11F9O2S/c1-27(25,26)11-7-12(14(19,20)21,15(22,23)24)6-10(11)8-2-4-9(5-3-8)13(16,17)18/h2-6,11H,7H2,1H3. The van der Waals surface area contributed by atoms with Crippen LogP contribution in [-0.4, -0.2) is 32.3 Å². The molecule has 0 aliphatic heterocycles. The number of hydrogen-bond donors (Lipinski definition) is 0. The van der Waals surface area contributed by atoms with Gasteiger partial charge in [-0.25, -0.2) is 8.42 Å². The number of halogens is 9. The van der Waals surface area contributed by atoms with Gasteiger partial charge in [0.15, 0.2) is 15.3 Å². The summed E-state index contributed by atoms with van der Waals surface area (Å²) < 4.78 is 141. The summed E-state index contributed by atoms with van der Waals surface area (Å²) in [6, 6.07) is 2.21. The van der Waals surface area contributed by atoms with Gasteiger partial charge in [0.05, 0.1) is 10.8 Å². The fourth-order valence-electron chi connectivity index (χ4n) is 2.88. The van der Waals surface area contributed by atoms with Gasteiger partial charge in [0.2, 0.25) is 0 Å². The second-order valence-electron chi connectivity index (χ2n) is 6.16. The average molecular weight is 426 g/mol. The third-order valence-electron chi connectivity index (χ3n) is 4.33. The molecule has 0 spiro atoms. The molecule has 12 heteroatoms. The Bertz CT molecular complexity index is 829. The molecule has 1 aliphatic rings. The topological polar surface area (TPSA) is 34.1 Å². The Labute approximate surface area is 147 Å². The van der Waals surface area contributed by atoms with Crippen molar-refractivity contribution in [3.8, 4) is 0 Å². The first-order chi connectivity index (χ1) is 11.9. The quantitative estimate of drug-likeness (QED) is 0.623. The first-order valence-electron chi connectivity index (χ1n) is 7.13. The molecule has 2 rings (SSSR count). The summed E-state index contributed by atoms with van der Waals surface area (Å²) in [5, 5.41) is -2.17. The van der Waals surface area contributed by atoms with Crippen molar-refractivity contribution in [1.82, 2.24) is 0 Å². The summed E-state index contributed by atoms with van der Waals surface area (Å²) in [4.78, 5) is 0. The van der Waals surface area contributed by atoms with E-state index in [9.17, 15) is 47.9 Å². The maximum atomic E-state index is 13.3. The van der Waals surface area contributed by atoms with Crippen LogP contribution in [0.1, 0.15) is 17.5 Å². The maximum Gasteiger partial charge on any atom is 0.416 e. The summed E-state index contributed by atoms with van der Waals surface area (Å²) >= 11 is 0. The largest absolute Gasteiger partial charge is 0.416 e. The van der Waals surface area contributed by atoms with Crippen molar-refractivity contribution in [1.29, 1.82) is 0 Å². The molecule has 0 heterocycles. The van der Waals surface area contributed by atoms with E-state index in [-0.39, 0.29) is 6.08 Å². The van der Waals surface area contributed by atoms with Crippen LogP contribution in [0.5, 0.6) is 0 Å². The number of benzene rings is 1. The lowest BCUT2D eigenvalue weighted by molar-refractivity contribution is -0.320. The van der Waals surface area contributed by atoms with Gasteiger partial charge in [-0.15, -0.1) is 0 Å². The van der Waals surface area contributed by atoms with Crippen LogP contribution in [0.2, 0.25) is 0 Å². The Morgan fingerprint density at radius 3 is 1.67 bits per heavy atom. The van der Waals surface area contributed by atoms with Crippen molar-refractivity contribution in [3.05, 3.63) is 41.5 Å². The number of alkyl halides is 9. The van der Waals surface area contributed by atoms with Gasteiger partial charge in [-0.05, 0) is 29.7 Å². The van der Waals surface area contributed by atoms with Gasteiger partial charge in [-0.1, -0.05) is 18.2 Å². The van der Waals surface area contributed by atoms with Crippen molar-refractivity contribution in [3.63, 3.8) is 0 Å². The van der Waals surface area contributed by atoms with Crippen LogP contribution < -0.4 is 0 Å². The van der Waals surface area contributed by atoms with Crippen LogP contribution in [0, 0.1) is 5.41 Å². The predicted octanol–water partition coefficient (Wildman–Crippen LogP) is 5.02. The van der Waals surface area contributed by atoms with Crippen molar-refractivity contribution >= 4 is 15.4 Å². The van der Waals surface area contributed by atoms with Gasteiger partial charge in [0.1, 0.15) is 0 Å². The van der Waals surface area contributed by atoms with E-state index in [0.717, 1.165) is 0 Å². The molecular weight excluding hydrogens is 415 g/mol. The van der Waals surface area contributed by atoms with E-state index in [1.54, 1.807) is 0 Å². The van der Waals surface area contributed by atoms with Crippen molar-refractivity contribution in [2.75, 3.05) is 6.26 Å². The highest BCUT2D eigenvalue weighted by Crippen LogP contribution is 2.60. The molecule has 0 radical (unpaired) electrons. The summed E-state index contributed by atoms with van der Waals surface area (Å²) in [7, 11) is -4.42. The molecule has 2 nitrogen and oxygen atoms in total. The highest BCUT2D eigenvalue weighted by Gasteiger charge is 2.72. The fourth-order valence-corrected chi connectivity index (χ4v) is 4.11. The molecule has 1 unspecified atom stereocenters. The van der Waals surface area contributed by atoms with Crippen LogP contribution in [-0.2, 0) is 16.0 Å². The second kappa shape index (κ2) is 6.14. The van der Waals surface area contributed by atoms with Crippen LogP contribution in [0.25, 0.3) is 5.57 Å². The highest BCUT2D eigenvalue weighted by molar-refractivity contribution is 7.91. The maximum absolute atomic E-state index is 13.3. The number of allylic oxidation sites excluding steroid dienone is 1. The van der Waals surface area contributed by atoms with Crippen molar-refractivity contribution < 1.29 is 47.9 Å². The van der Waals surface area contributed by atoms with E-state index in [4.69, 9.17) is 0 Å². The predicted molar refractivity (Wildman–Crippen MR) is 77.2 cm³/mol. The van der Waals surface area contributed by atoms with E-state index in [0.29, 0.717) is 30.5 Å². The Morgan fingerprint density at radius 1 is 0.889 bits per heavy atom. The molecule has 0 amide bonds. The van der Waals surface area contributed by atoms with E-state index >= 15 is 0 Å². The summed E-state index contributed by atoms with van der Waals surface area (Å²) in [5.74, 6) is 0. The molecule has 0 saturated heterocycles. The van der Waals surface area contributed by atoms with E-state index in [1.165, 1.54) is 0 Å². The lowest BCUT2D eigenvalue weighted by Gasteiger charge is -2.32. The van der Waals surface area contributed by atoms with Crippen LogP contribution >= 0.6 is 0 Å². The van der Waals surface area contributed by atoms with Gasteiger partial charge in [-0.3, -0.25) is 0 Å². The first-order valence-corrected chi connectivity index (χ1v) is 9.08. The zero-order valence-corrected chi connectivity index (χ0v) is 14.1. The van der Waals surface area contributed by atoms with E-state index in [2.05, 4.69) is 0 Å². The molecule has 1 aromatic rings. The highest BCUT2D eigenvalue weighted by atomic mass is 32.2. The van der Waals surface area contributed by atoms with E-state index < -0.39 is 62.2 Å². The van der Waals surface area contributed by atoms with Crippen LogP contribution in [0.15, 0.2) is 30.3 Å². The average Bonchev–Trinajstić information content (AvgIpc) is 2.88. The van der Waals surface area contributed by atoms with Gasteiger partial charge in [0, 0.05) is 6.26 Å². The summed E-state index contributed by atoms with van der Waals surface area (Å²) in [6.07, 6.45) is -18.1. The molecule has 1 aliphatic carbocycles. The molecule has 152 valence electrons. The minimum absolute atomic E-state index is 0.235.